The van der Waals surface area contributed by atoms with Gasteiger partial charge in [-0.2, -0.15) is 0 Å². The molecular formula is C12H9Cl2NO4S. The monoisotopic (exact) mass is 333 g/mol. The Morgan fingerprint density at radius 3 is 2.45 bits per heavy atom. The summed E-state index contributed by atoms with van der Waals surface area (Å²) in [5.74, 6) is 0.190. The second-order valence-corrected chi connectivity index (χ2v) is 6.89. The van der Waals surface area contributed by atoms with E-state index in [1.165, 1.54) is 18.3 Å². The smallest absolute Gasteiger partial charge is 0.253 e. The maximum atomic E-state index is 11.9. The molecule has 5 nitrogen and oxygen atoms in total. The molecule has 0 fully saturated rings. The Bertz CT molecular complexity index is 796. The van der Waals surface area contributed by atoms with Gasteiger partial charge in [0.05, 0.1) is 27.2 Å². The van der Waals surface area contributed by atoms with Gasteiger partial charge in [0.25, 0.3) is 5.24 Å². The summed E-state index contributed by atoms with van der Waals surface area (Å²) in [7, 11) is -3.57. The van der Waals surface area contributed by atoms with Crippen molar-refractivity contribution in [3.63, 3.8) is 0 Å². The Hall–Kier alpha value is -1.37. The van der Waals surface area contributed by atoms with Gasteiger partial charge in [-0.3, -0.25) is 4.79 Å². The quantitative estimate of drug-likeness (QED) is 0.806. The van der Waals surface area contributed by atoms with Crippen LogP contribution in [-0.2, 0) is 9.84 Å². The molecule has 1 heterocycles. The van der Waals surface area contributed by atoms with E-state index in [0.717, 1.165) is 6.26 Å². The third-order valence-corrected chi connectivity index (χ3v) is 4.43. The van der Waals surface area contributed by atoms with Gasteiger partial charge in [-0.05, 0) is 30.7 Å². The molecule has 0 spiro atoms. The predicted octanol–water partition coefficient (Wildman–Crippen LogP) is 3.09. The van der Waals surface area contributed by atoms with E-state index in [4.69, 9.17) is 27.7 Å². The van der Waals surface area contributed by atoms with Gasteiger partial charge in [-0.25, -0.2) is 8.42 Å². The zero-order valence-corrected chi connectivity index (χ0v) is 12.8. The van der Waals surface area contributed by atoms with Crippen LogP contribution < -0.4 is 0 Å². The minimum absolute atomic E-state index is 0.00605. The van der Waals surface area contributed by atoms with Crippen molar-refractivity contribution < 1.29 is 17.7 Å². The Kier molecular flexibility index (Phi) is 3.90. The SMILES string of the molecule is Cc1cnoc1-c1c(S(C)(=O)=O)ccc(C(=O)Cl)c1Cl. The molecule has 106 valence electrons. The number of halogens is 2. The standard InChI is InChI=1S/C12H9Cl2NO4S/c1-6-5-15-19-11(6)9-8(20(2,17)18)4-3-7(10(9)13)12(14)16/h3-5H,1-2H3. The molecule has 0 saturated heterocycles. The number of hydrogen-bond donors (Lipinski definition) is 0. The van der Waals surface area contributed by atoms with E-state index in [-0.39, 0.29) is 26.8 Å². The summed E-state index contributed by atoms with van der Waals surface area (Å²) in [6.45, 7) is 1.68. The van der Waals surface area contributed by atoms with Crippen molar-refractivity contribution in [2.45, 2.75) is 11.8 Å². The predicted molar refractivity (Wildman–Crippen MR) is 75.0 cm³/mol. The lowest BCUT2D eigenvalue weighted by atomic mass is 10.1. The molecule has 1 aromatic heterocycles. The molecule has 2 aromatic rings. The highest BCUT2D eigenvalue weighted by atomic mass is 35.5. The molecule has 0 aliphatic carbocycles. The highest BCUT2D eigenvalue weighted by Crippen LogP contribution is 2.38. The first kappa shape index (κ1) is 15.0. The first-order chi connectivity index (χ1) is 9.23. The number of aryl methyl sites for hydroxylation is 1. The first-order valence-electron chi connectivity index (χ1n) is 5.37. The Labute approximate surface area is 125 Å². The molecule has 20 heavy (non-hydrogen) atoms. The van der Waals surface area contributed by atoms with Crippen LogP contribution in [0.1, 0.15) is 15.9 Å². The molecule has 0 amide bonds. The van der Waals surface area contributed by atoms with Crippen molar-refractivity contribution in [3.05, 3.63) is 34.5 Å². The molecule has 0 N–H and O–H groups in total. The Morgan fingerprint density at radius 2 is 2.00 bits per heavy atom. The third kappa shape index (κ3) is 2.59. The zero-order chi connectivity index (χ0) is 15.1. The summed E-state index contributed by atoms with van der Waals surface area (Å²) in [5.41, 5.74) is 0.693. The molecule has 0 radical (unpaired) electrons. The molecule has 1 aromatic carbocycles. The van der Waals surface area contributed by atoms with E-state index in [9.17, 15) is 13.2 Å². The maximum absolute atomic E-state index is 11.9. The van der Waals surface area contributed by atoms with Crippen molar-refractivity contribution in [1.29, 1.82) is 0 Å². The second-order valence-electron chi connectivity index (χ2n) is 4.18. The lowest BCUT2D eigenvalue weighted by molar-refractivity contribution is 0.108. The molecule has 0 bridgehead atoms. The van der Waals surface area contributed by atoms with E-state index in [1.807, 2.05) is 0 Å². The number of hydrogen-bond acceptors (Lipinski definition) is 5. The number of nitrogens with zero attached hydrogens (tertiary/aromatic N) is 1. The lowest BCUT2D eigenvalue weighted by Gasteiger charge is -2.10. The maximum Gasteiger partial charge on any atom is 0.253 e. The van der Waals surface area contributed by atoms with Gasteiger partial charge in [-0.15, -0.1) is 0 Å². The molecule has 0 unspecified atom stereocenters. The number of benzene rings is 1. The number of rotatable bonds is 3. The summed E-state index contributed by atoms with van der Waals surface area (Å²) < 4.78 is 28.8. The van der Waals surface area contributed by atoms with Gasteiger partial charge >= 0.3 is 0 Å². The van der Waals surface area contributed by atoms with Crippen molar-refractivity contribution >= 4 is 38.3 Å². The molecule has 0 aliphatic rings. The van der Waals surface area contributed by atoms with Crippen molar-refractivity contribution in [2.75, 3.05) is 6.26 Å². The van der Waals surface area contributed by atoms with E-state index in [0.29, 0.717) is 5.56 Å². The van der Waals surface area contributed by atoms with Crippen molar-refractivity contribution in [1.82, 2.24) is 5.16 Å². The number of sulfone groups is 1. The molecule has 0 aliphatic heterocycles. The van der Waals surface area contributed by atoms with Crippen LogP contribution in [0.5, 0.6) is 0 Å². The van der Waals surface area contributed by atoms with E-state index < -0.39 is 15.1 Å². The number of carbonyl (C=O) groups excluding carboxylic acids is 1. The van der Waals surface area contributed by atoms with E-state index in [2.05, 4.69) is 5.16 Å². The normalized spacial score (nSPS) is 11.6. The number of carbonyl (C=O) groups is 1. The van der Waals surface area contributed by atoms with Gasteiger partial charge in [0.15, 0.2) is 15.6 Å². The van der Waals surface area contributed by atoms with Crippen molar-refractivity contribution in [3.8, 4) is 11.3 Å². The fraction of sp³-hybridized carbons (Fsp3) is 0.167. The molecular weight excluding hydrogens is 325 g/mol. The minimum Gasteiger partial charge on any atom is -0.356 e. The summed E-state index contributed by atoms with van der Waals surface area (Å²) in [6, 6.07) is 2.54. The lowest BCUT2D eigenvalue weighted by Crippen LogP contribution is -2.03. The van der Waals surface area contributed by atoms with Gasteiger partial charge in [-0.1, -0.05) is 16.8 Å². The average Bonchev–Trinajstić information content (AvgIpc) is 2.73. The minimum atomic E-state index is -3.57. The summed E-state index contributed by atoms with van der Waals surface area (Å²) in [6.07, 6.45) is 2.46. The van der Waals surface area contributed by atoms with Gasteiger partial charge in [0, 0.05) is 11.8 Å². The van der Waals surface area contributed by atoms with Crippen LogP contribution in [0.3, 0.4) is 0 Å². The largest absolute Gasteiger partial charge is 0.356 e. The van der Waals surface area contributed by atoms with Crippen LogP contribution in [0.15, 0.2) is 27.7 Å². The highest BCUT2D eigenvalue weighted by Gasteiger charge is 2.25. The second kappa shape index (κ2) is 5.20. The van der Waals surface area contributed by atoms with Crippen molar-refractivity contribution in [2.24, 2.45) is 0 Å². The Balaban J connectivity index is 2.91. The van der Waals surface area contributed by atoms with Crippen LogP contribution in [0.4, 0.5) is 0 Å². The third-order valence-electron chi connectivity index (χ3n) is 2.69. The van der Waals surface area contributed by atoms with Gasteiger partial charge in [0.1, 0.15) is 0 Å². The van der Waals surface area contributed by atoms with Crippen LogP contribution in [0.2, 0.25) is 5.02 Å². The molecule has 2 rings (SSSR count). The van der Waals surface area contributed by atoms with Crippen LogP contribution in [0.25, 0.3) is 11.3 Å². The summed E-state index contributed by atoms with van der Waals surface area (Å²) in [5, 5.41) is 2.73. The van der Waals surface area contributed by atoms with E-state index in [1.54, 1.807) is 6.92 Å². The summed E-state index contributed by atoms with van der Waals surface area (Å²) >= 11 is 11.6. The van der Waals surface area contributed by atoms with Crippen LogP contribution in [0, 0.1) is 6.92 Å². The van der Waals surface area contributed by atoms with Gasteiger partial charge < -0.3 is 4.52 Å². The average molecular weight is 334 g/mol. The molecule has 8 heteroatoms. The van der Waals surface area contributed by atoms with Gasteiger partial charge in [0.2, 0.25) is 0 Å². The molecule has 0 saturated carbocycles. The molecule has 0 atom stereocenters. The Morgan fingerprint density at radius 1 is 1.35 bits per heavy atom. The number of aromatic nitrogens is 1. The summed E-state index contributed by atoms with van der Waals surface area (Å²) in [4.78, 5) is 11.3. The van der Waals surface area contributed by atoms with E-state index >= 15 is 0 Å². The first-order valence-corrected chi connectivity index (χ1v) is 8.02. The fourth-order valence-electron chi connectivity index (χ4n) is 1.76. The highest BCUT2D eigenvalue weighted by molar-refractivity contribution is 7.90. The zero-order valence-electron chi connectivity index (χ0n) is 10.5. The van der Waals surface area contributed by atoms with Crippen LogP contribution in [-0.4, -0.2) is 25.1 Å². The fourth-order valence-corrected chi connectivity index (χ4v) is 3.24. The van der Waals surface area contributed by atoms with Crippen LogP contribution >= 0.6 is 23.2 Å². The topological polar surface area (TPSA) is 77.2 Å².